The summed E-state index contributed by atoms with van der Waals surface area (Å²) in [6.07, 6.45) is 6.44. The monoisotopic (exact) mass is 248 g/mol. The van der Waals surface area contributed by atoms with E-state index in [4.69, 9.17) is 11.5 Å². The highest BCUT2D eigenvalue weighted by Crippen LogP contribution is 2.49. The van der Waals surface area contributed by atoms with Crippen molar-refractivity contribution in [3.63, 3.8) is 0 Å². The van der Waals surface area contributed by atoms with Crippen LogP contribution in [0, 0.1) is 5.41 Å². The number of hydrogen-bond acceptors (Lipinski definition) is 4. The summed E-state index contributed by atoms with van der Waals surface area (Å²) in [5.74, 6) is 0.146. The van der Waals surface area contributed by atoms with Crippen molar-refractivity contribution in [1.29, 1.82) is 0 Å². The van der Waals surface area contributed by atoms with E-state index in [9.17, 15) is 4.79 Å². The Balaban J connectivity index is 2.02. The predicted octanol–water partition coefficient (Wildman–Crippen LogP) is 1.75. The number of nitrogen functional groups attached to an aromatic ring is 1. The highest BCUT2D eigenvalue weighted by Gasteiger charge is 2.41. The Morgan fingerprint density at radius 3 is 2.83 bits per heavy atom. The number of rotatable bonds is 6. The maximum atomic E-state index is 11.2. The molecule has 0 radical (unpaired) electrons. The lowest BCUT2D eigenvalue weighted by atomic mass is 10.0. The molecule has 0 atom stereocenters. The number of carbonyl (C=O) groups is 1. The molecular formula is C13H20N4O. The van der Waals surface area contributed by atoms with Crippen molar-refractivity contribution in [3.05, 3.63) is 17.8 Å². The maximum Gasteiger partial charge on any atom is 0.250 e. The fraction of sp³-hybridized carbons (Fsp3) is 0.538. The molecule has 1 saturated carbocycles. The zero-order valence-corrected chi connectivity index (χ0v) is 10.7. The van der Waals surface area contributed by atoms with Crippen LogP contribution in [0.4, 0.5) is 11.5 Å². The first-order valence-electron chi connectivity index (χ1n) is 6.35. The van der Waals surface area contributed by atoms with E-state index in [1.165, 1.54) is 31.9 Å². The van der Waals surface area contributed by atoms with Crippen LogP contribution >= 0.6 is 0 Å². The number of carbonyl (C=O) groups excluding carboxylic acids is 1. The molecule has 2 rings (SSSR count). The number of nitrogens with two attached hydrogens (primary N) is 2. The summed E-state index contributed by atoms with van der Waals surface area (Å²) in [7, 11) is 0. The van der Waals surface area contributed by atoms with Gasteiger partial charge in [-0.05, 0) is 30.7 Å². The smallest absolute Gasteiger partial charge is 0.250 e. The van der Waals surface area contributed by atoms with Gasteiger partial charge >= 0.3 is 0 Å². The average molecular weight is 248 g/mol. The molecule has 5 N–H and O–H groups in total. The van der Waals surface area contributed by atoms with Gasteiger partial charge in [-0.15, -0.1) is 0 Å². The first-order valence-corrected chi connectivity index (χ1v) is 6.35. The molecule has 0 aliphatic heterocycles. The van der Waals surface area contributed by atoms with Crippen LogP contribution in [0.25, 0.3) is 0 Å². The highest BCUT2D eigenvalue weighted by atomic mass is 16.1. The Kier molecular flexibility index (Phi) is 3.41. The van der Waals surface area contributed by atoms with Gasteiger partial charge in [0.25, 0.3) is 5.91 Å². The van der Waals surface area contributed by atoms with Crippen molar-refractivity contribution in [2.24, 2.45) is 11.1 Å². The van der Waals surface area contributed by atoms with Gasteiger partial charge in [-0.2, -0.15) is 0 Å². The Morgan fingerprint density at radius 1 is 1.56 bits per heavy atom. The molecule has 5 heteroatoms. The third-order valence-electron chi connectivity index (χ3n) is 3.58. The third-order valence-corrected chi connectivity index (χ3v) is 3.58. The van der Waals surface area contributed by atoms with Gasteiger partial charge in [-0.25, -0.2) is 4.98 Å². The van der Waals surface area contributed by atoms with E-state index in [0.717, 1.165) is 6.54 Å². The molecule has 0 bridgehead atoms. The highest BCUT2D eigenvalue weighted by molar-refractivity contribution is 5.98. The number of aromatic nitrogens is 1. The van der Waals surface area contributed by atoms with Gasteiger partial charge in [0.2, 0.25) is 0 Å². The minimum atomic E-state index is -0.521. The number of pyridine rings is 1. The summed E-state index contributed by atoms with van der Waals surface area (Å²) < 4.78 is 0. The zero-order chi connectivity index (χ0) is 13.2. The lowest BCUT2D eigenvalue weighted by Crippen LogP contribution is -2.18. The summed E-state index contributed by atoms with van der Waals surface area (Å²) in [6.45, 7) is 3.10. The molecule has 1 fully saturated rings. The fourth-order valence-corrected chi connectivity index (χ4v) is 2.28. The molecule has 1 aromatic heterocycles. The summed E-state index contributed by atoms with van der Waals surface area (Å²) in [6, 6.07) is 1.62. The minimum Gasteiger partial charge on any atom is -0.397 e. The van der Waals surface area contributed by atoms with Crippen LogP contribution in [0.5, 0.6) is 0 Å². The van der Waals surface area contributed by atoms with Crippen molar-refractivity contribution in [3.8, 4) is 0 Å². The SMILES string of the molecule is CCCC1(CNc2cc(C(N)=O)c(N)cn2)CC1. The molecule has 0 unspecified atom stereocenters. The molecule has 98 valence electrons. The number of anilines is 2. The second kappa shape index (κ2) is 4.84. The van der Waals surface area contributed by atoms with Crippen LogP contribution in [0.2, 0.25) is 0 Å². The van der Waals surface area contributed by atoms with Gasteiger partial charge in [0.1, 0.15) is 5.82 Å². The Bertz CT molecular complexity index is 454. The number of amides is 1. The number of primary amides is 1. The summed E-state index contributed by atoms with van der Waals surface area (Å²) in [4.78, 5) is 15.3. The third kappa shape index (κ3) is 2.72. The second-order valence-electron chi connectivity index (χ2n) is 5.12. The molecule has 1 heterocycles. The lowest BCUT2D eigenvalue weighted by Gasteiger charge is -2.15. The van der Waals surface area contributed by atoms with Crippen molar-refractivity contribution >= 4 is 17.4 Å². The van der Waals surface area contributed by atoms with Crippen LogP contribution in [-0.2, 0) is 0 Å². The van der Waals surface area contributed by atoms with E-state index < -0.39 is 5.91 Å². The Morgan fingerprint density at radius 2 is 2.28 bits per heavy atom. The topological polar surface area (TPSA) is 94.0 Å². The van der Waals surface area contributed by atoms with E-state index in [1.807, 2.05) is 0 Å². The second-order valence-corrected chi connectivity index (χ2v) is 5.12. The first-order chi connectivity index (χ1) is 8.56. The fourth-order valence-electron chi connectivity index (χ4n) is 2.28. The van der Waals surface area contributed by atoms with Gasteiger partial charge in [-0.1, -0.05) is 13.3 Å². The van der Waals surface area contributed by atoms with Gasteiger partial charge in [-0.3, -0.25) is 4.79 Å². The van der Waals surface area contributed by atoms with Crippen LogP contribution < -0.4 is 16.8 Å². The molecular weight excluding hydrogens is 228 g/mol. The Hall–Kier alpha value is -1.78. The van der Waals surface area contributed by atoms with Crippen molar-refractivity contribution in [2.75, 3.05) is 17.6 Å². The normalized spacial score (nSPS) is 16.3. The van der Waals surface area contributed by atoms with Gasteiger partial charge in [0.15, 0.2) is 0 Å². The quantitative estimate of drug-likeness (QED) is 0.715. The van der Waals surface area contributed by atoms with E-state index >= 15 is 0 Å². The van der Waals surface area contributed by atoms with Crippen LogP contribution in [-0.4, -0.2) is 17.4 Å². The number of hydrogen-bond donors (Lipinski definition) is 3. The largest absolute Gasteiger partial charge is 0.397 e. The standard InChI is InChI=1S/C13H20N4O/c1-2-3-13(4-5-13)8-17-11-6-9(12(15)18)10(14)7-16-11/h6-7H,2-5,8,14H2,1H3,(H2,15,18)(H,16,17). The van der Waals surface area contributed by atoms with E-state index in [1.54, 1.807) is 6.07 Å². The molecule has 5 nitrogen and oxygen atoms in total. The summed E-state index contributed by atoms with van der Waals surface area (Å²) in [5.41, 5.74) is 12.0. The minimum absolute atomic E-state index is 0.322. The van der Waals surface area contributed by atoms with E-state index in [-0.39, 0.29) is 0 Å². The molecule has 1 aliphatic carbocycles. The molecule has 0 aromatic carbocycles. The molecule has 0 spiro atoms. The molecule has 1 aliphatic rings. The van der Waals surface area contributed by atoms with E-state index in [2.05, 4.69) is 17.2 Å². The molecule has 18 heavy (non-hydrogen) atoms. The molecule has 1 amide bonds. The summed E-state index contributed by atoms with van der Waals surface area (Å²) >= 11 is 0. The first kappa shape index (κ1) is 12.7. The average Bonchev–Trinajstić information content (AvgIpc) is 3.08. The van der Waals surface area contributed by atoms with Crippen molar-refractivity contribution in [2.45, 2.75) is 32.6 Å². The van der Waals surface area contributed by atoms with Crippen LogP contribution in [0.15, 0.2) is 12.3 Å². The summed E-state index contributed by atoms with van der Waals surface area (Å²) in [5, 5.41) is 3.28. The number of nitrogens with zero attached hydrogens (tertiary/aromatic N) is 1. The van der Waals surface area contributed by atoms with Gasteiger partial charge in [0, 0.05) is 6.54 Å². The molecule has 0 saturated heterocycles. The predicted molar refractivity (Wildman–Crippen MR) is 72.2 cm³/mol. The van der Waals surface area contributed by atoms with Gasteiger partial charge < -0.3 is 16.8 Å². The number of nitrogens with one attached hydrogen (secondary N) is 1. The van der Waals surface area contributed by atoms with Crippen LogP contribution in [0.3, 0.4) is 0 Å². The maximum absolute atomic E-state index is 11.2. The van der Waals surface area contributed by atoms with E-state index in [0.29, 0.717) is 22.5 Å². The zero-order valence-electron chi connectivity index (χ0n) is 10.7. The van der Waals surface area contributed by atoms with Crippen molar-refractivity contribution < 1.29 is 4.79 Å². The lowest BCUT2D eigenvalue weighted by molar-refractivity contribution is 0.100. The van der Waals surface area contributed by atoms with Gasteiger partial charge in [0.05, 0.1) is 17.4 Å². The Labute approximate surface area is 107 Å². The van der Waals surface area contributed by atoms with Crippen LogP contribution in [0.1, 0.15) is 43.0 Å². The molecule has 1 aromatic rings. The van der Waals surface area contributed by atoms with Crippen molar-refractivity contribution in [1.82, 2.24) is 4.98 Å².